The van der Waals surface area contributed by atoms with Crippen molar-refractivity contribution in [3.8, 4) is 11.6 Å². The van der Waals surface area contributed by atoms with Crippen molar-refractivity contribution >= 4 is 57.1 Å². The molecule has 3 N–H and O–H groups in total. The summed E-state index contributed by atoms with van der Waals surface area (Å²) in [6.07, 6.45) is 2.76. The Morgan fingerprint density at radius 2 is 2.05 bits per heavy atom. The number of esters is 1. The van der Waals surface area contributed by atoms with Gasteiger partial charge in [0, 0.05) is 30.7 Å². The molecule has 4 aromatic heterocycles. The highest BCUT2D eigenvalue weighted by Gasteiger charge is 2.33. The first-order chi connectivity index (χ1) is 18.2. The Labute approximate surface area is 226 Å². The summed E-state index contributed by atoms with van der Waals surface area (Å²) in [5.74, 6) is 0.377. The number of thioether (sulfide) groups is 1. The quantitative estimate of drug-likeness (QED) is 0.255. The predicted octanol–water partition coefficient (Wildman–Crippen LogP) is 3.08. The Morgan fingerprint density at radius 1 is 1.26 bits per heavy atom. The van der Waals surface area contributed by atoms with Crippen LogP contribution in [0.15, 0.2) is 11.2 Å². The zero-order chi connectivity index (χ0) is 27.1. The van der Waals surface area contributed by atoms with Crippen molar-refractivity contribution in [3.63, 3.8) is 0 Å². The Balaban J connectivity index is 1.43. The van der Waals surface area contributed by atoms with Gasteiger partial charge in [-0.2, -0.15) is 15.1 Å². The largest absolute Gasteiger partial charge is 0.496 e. The standard InChI is InChI=1S/C24H26N8O4S2/c1-6-15-21(36-12(4)33)29-24(38-15)28-20(34)16-7-13-17-19(27-23(25)30-22(17)37-16)32(31-13)9-14-11(3)18(35-5)10(2)8-26-14/h8,16H,6-7,9H2,1-5H3,(H2,25,27,30)(H,28,29,34). The Kier molecular flexibility index (Phi) is 6.92. The van der Waals surface area contributed by atoms with Gasteiger partial charge in [0.2, 0.25) is 17.7 Å². The van der Waals surface area contributed by atoms with Crippen LogP contribution in [0.2, 0.25) is 0 Å². The normalized spacial score (nSPS) is 14.5. The molecule has 14 heteroatoms. The number of amides is 1. The zero-order valence-electron chi connectivity index (χ0n) is 21.5. The average Bonchev–Trinajstić information content (AvgIpc) is 3.41. The highest BCUT2D eigenvalue weighted by atomic mass is 32.2. The van der Waals surface area contributed by atoms with Gasteiger partial charge in [-0.3, -0.25) is 14.6 Å². The molecule has 5 heterocycles. The fourth-order valence-electron chi connectivity index (χ4n) is 4.35. The van der Waals surface area contributed by atoms with Crippen molar-refractivity contribution in [2.24, 2.45) is 0 Å². The number of ether oxygens (including phenoxy) is 2. The number of nitrogen functional groups attached to an aromatic ring is 1. The van der Waals surface area contributed by atoms with E-state index in [1.54, 1.807) is 18.0 Å². The molecule has 1 unspecified atom stereocenters. The molecule has 0 aliphatic carbocycles. The average molecular weight is 555 g/mol. The monoisotopic (exact) mass is 554 g/mol. The van der Waals surface area contributed by atoms with Crippen LogP contribution in [0.3, 0.4) is 0 Å². The van der Waals surface area contributed by atoms with E-state index in [0.717, 1.165) is 32.8 Å². The number of pyridine rings is 1. The van der Waals surface area contributed by atoms with Crippen LogP contribution in [0.4, 0.5) is 11.1 Å². The third-order valence-electron chi connectivity index (χ3n) is 6.08. The summed E-state index contributed by atoms with van der Waals surface area (Å²) >= 11 is 2.58. The lowest BCUT2D eigenvalue weighted by atomic mass is 10.1. The van der Waals surface area contributed by atoms with Gasteiger partial charge in [0.05, 0.1) is 40.6 Å². The van der Waals surface area contributed by atoms with Crippen molar-refractivity contribution in [1.29, 1.82) is 0 Å². The molecule has 1 atom stereocenters. The van der Waals surface area contributed by atoms with Crippen molar-refractivity contribution in [3.05, 3.63) is 33.6 Å². The number of aryl methyl sites for hydroxylation is 2. The smallest absolute Gasteiger partial charge is 0.309 e. The van der Waals surface area contributed by atoms with E-state index >= 15 is 0 Å². The number of anilines is 2. The van der Waals surface area contributed by atoms with E-state index in [1.807, 2.05) is 20.8 Å². The molecule has 198 valence electrons. The molecule has 0 bridgehead atoms. The highest BCUT2D eigenvalue weighted by Crippen LogP contribution is 2.39. The molecule has 12 nitrogen and oxygen atoms in total. The van der Waals surface area contributed by atoms with Gasteiger partial charge in [-0.05, 0) is 20.3 Å². The third kappa shape index (κ3) is 4.76. The van der Waals surface area contributed by atoms with Crippen LogP contribution >= 0.6 is 23.1 Å². The van der Waals surface area contributed by atoms with E-state index in [4.69, 9.17) is 20.3 Å². The lowest BCUT2D eigenvalue weighted by molar-refractivity contribution is -0.132. The van der Waals surface area contributed by atoms with E-state index in [1.165, 1.54) is 30.0 Å². The van der Waals surface area contributed by atoms with Gasteiger partial charge in [-0.15, -0.1) is 0 Å². The number of nitrogens with one attached hydrogen (secondary N) is 1. The van der Waals surface area contributed by atoms with Crippen LogP contribution in [-0.4, -0.2) is 54.0 Å². The van der Waals surface area contributed by atoms with E-state index in [9.17, 15) is 9.59 Å². The van der Waals surface area contributed by atoms with E-state index in [-0.39, 0.29) is 17.7 Å². The lowest BCUT2D eigenvalue weighted by Crippen LogP contribution is -2.29. The van der Waals surface area contributed by atoms with Crippen molar-refractivity contribution in [2.45, 2.75) is 57.4 Å². The molecule has 1 aliphatic rings. The lowest BCUT2D eigenvalue weighted by Gasteiger charge is -2.19. The van der Waals surface area contributed by atoms with Crippen molar-refractivity contribution in [1.82, 2.24) is 29.7 Å². The predicted molar refractivity (Wildman–Crippen MR) is 144 cm³/mol. The van der Waals surface area contributed by atoms with E-state index in [0.29, 0.717) is 40.9 Å². The molecule has 0 radical (unpaired) electrons. The maximum absolute atomic E-state index is 13.3. The number of carbonyl (C=O) groups excluding carboxylic acids is 2. The number of rotatable bonds is 7. The fourth-order valence-corrected chi connectivity index (χ4v) is 6.34. The first-order valence-electron chi connectivity index (χ1n) is 11.9. The number of nitrogens with two attached hydrogens (primary N) is 1. The molecule has 0 saturated heterocycles. The van der Waals surface area contributed by atoms with Crippen LogP contribution < -0.4 is 20.5 Å². The molecule has 0 fully saturated rings. The van der Waals surface area contributed by atoms with Gasteiger partial charge in [0.1, 0.15) is 10.8 Å². The number of nitrogens with zero attached hydrogens (tertiary/aromatic N) is 6. The summed E-state index contributed by atoms with van der Waals surface area (Å²) in [6.45, 7) is 7.50. The first kappa shape index (κ1) is 25.9. The topological polar surface area (TPSA) is 160 Å². The zero-order valence-corrected chi connectivity index (χ0v) is 23.1. The van der Waals surface area contributed by atoms with Crippen LogP contribution in [0.5, 0.6) is 11.6 Å². The molecule has 5 rings (SSSR count). The van der Waals surface area contributed by atoms with E-state index < -0.39 is 11.2 Å². The summed E-state index contributed by atoms with van der Waals surface area (Å²) < 4.78 is 12.5. The Hall–Kier alpha value is -3.78. The maximum Gasteiger partial charge on any atom is 0.309 e. The minimum Gasteiger partial charge on any atom is -0.496 e. The maximum atomic E-state index is 13.3. The summed E-state index contributed by atoms with van der Waals surface area (Å²) in [5.41, 5.74) is 10.0. The first-order valence-corrected chi connectivity index (χ1v) is 13.6. The Morgan fingerprint density at radius 3 is 2.76 bits per heavy atom. The van der Waals surface area contributed by atoms with Crippen LogP contribution in [0, 0.1) is 13.8 Å². The third-order valence-corrected chi connectivity index (χ3v) is 8.36. The molecule has 1 aliphatic heterocycles. The molecule has 4 aromatic rings. The fraction of sp³-hybridized carbons (Fsp3) is 0.375. The minimum atomic E-state index is -0.520. The van der Waals surface area contributed by atoms with Gasteiger partial charge in [0.25, 0.3) is 0 Å². The van der Waals surface area contributed by atoms with Gasteiger partial charge in [0.15, 0.2) is 10.8 Å². The summed E-state index contributed by atoms with van der Waals surface area (Å²) in [5, 5.41) is 8.87. The number of carbonyl (C=O) groups is 2. The number of aromatic nitrogens is 6. The summed E-state index contributed by atoms with van der Waals surface area (Å²) in [4.78, 5) is 43.1. The molecule has 38 heavy (non-hydrogen) atoms. The minimum absolute atomic E-state index is 0.0958. The molecule has 1 amide bonds. The number of hydrogen-bond acceptors (Lipinski definition) is 12. The Bertz CT molecular complexity index is 1580. The van der Waals surface area contributed by atoms with Gasteiger partial charge < -0.3 is 20.5 Å². The van der Waals surface area contributed by atoms with Gasteiger partial charge in [-0.1, -0.05) is 30.0 Å². The molecule has 0 spiro atoms. The van der Waals surface area contributed by atoms with Crippen LogP contribution in [0.25, 0.3) is 11.0 Å². The van der Waals surface area contributed by atoms with Crippen LogP contribution in [-0.2, 0) is 29.0 Å². The second-order valence-corrected chi connectivity index (χ2v) is 11.0. The number of methoxy groups -OCH3 is 1. The van der Waals surface area contributed by atoms with Crippen molar-refractivity contribution < 1.29 is 19.1 Å². The number of thiazole rings is 1. The second kappa shape index (κ2) is 10.2. The highest BCUT2D eigenvalue weighted by molar-refractivity contribution is 8.00. The molecular weight excluding hydrogens is 528 g/mol. The number of hydrogen-bond donors (Lipinski definition) is 2. The van der Waals surface area contributed by atoms with Gasteiger partial charge in [-0.25, -0.2) is 9.67 Å². The second-order valence-electron chi connectivity index (χ2n) is 8.73. The molecule has 0 saturated carbocycles. The van der Waals surface area contributed by atoms with E-state index in [2.05, 4.69) is 25.3 Å². The van der Waals surface area contributed by atoms with Crippen LogP contribution in [0.1, 0.15) is 41.2 Å². The molecular formula is C24H26N8O4S2. The SMILES string of the molecule is CCc1sc(NC(=O)C2Cc3nn(Cc4ncc(C)c(OC)c4C)c4nc(N)nc(c34)S2)nc1OC(C)=O. The summed E-state index contributed by atoms with van der Waals surface area (Å²) in [7, 11) is 1.64. The van der Waals surface area contributed by atoms with Gasteiger partial charge >= 0.3 is 5.97 Å². The molecule has 0 aromatic carbocycles. The summed E-state index contributed by atoms with van der Waals surface area (Å²) in [6, 6.07) is 0. The van der Waals surface area contributed by atoms with Crippen molar-refractivity contribution in [2.75, 3.05) is 18.2 Å².